The highest BCUT2D eigenvalue weighted by Crippen LogP contribution is 2.29. The van der Waals surface area contributed by atoms with E-state index in [0.717, 1.165) is 6.07 Å². The molecule has 0 unspecified atom stereocenters. The van der Waals surface area contributed by atoms with Crippen LogP contribution in [-0.2, 0) is 0 Å². The van der Waals surface area contributed by atoms with Crippen molar-refractivity contribution in [3.63, 3.8) is 0 Å². The first-order valence-electron chi connectivity index (χ1n) is 9.43. The fraction of sp³-hybridized carbons (Fsp3) is 0.0909. The fourth-order valence-electron chi connectivity index (χ4n) is 3.20. The summed E-state index contributed by atoms with van der Waals surface area (Å²) < 4.78 is 20.9. The van der Waals surface area contributed by atoms with Gasteiger partial charge < -0.3 is 15.4 Å². The van der Waals surface area contributed by atoms with Crippen LogP contribution in [0.5, 0.6) is 5.75 Å². The van der Waals surface area contributed by atoms with E-state index in [4.69, 9.17) is 16.3 Å². The maximum Gasteiger partial charge on any atom is 0.261 e. The zero-order chi connectivity index (χ0) is 22.8. The number of carbonyl (C=O) groups excluding carboxylic acids is 2. The molecule has 0 aliphatic carbocycles. The molecule has 0 aliphatic heterocycles. The number of carbonyl (C=O) groups is 2. The van der Waals surface area contributed by atoms with Crippen molar-refractivity contribution in [2.45, 2.75) is 6.92 Å². The van der Waals surface area contributed by atoms with Gasteiger partial charge in [0, 0.05) is 23.1 Å². The highest BCUT2D eigenvalue weighted by Gasteiger charge is 2.19. The summed E-state index contributed by atoms with van der Waals surface area (Å²) in [6.07, 6.45) is 3.27. The number of halogens is 2. The summed E-state index contributed by atoms with van der Waals surface area (Å²) in [5.41, 5.74) is 1.72. The molecule has 0 atom stereocenters. The number of amides is 2. The number of methoxy groups -OCH3 is 1. The van der Waals surface area contributed by atoms with E-state index in [-0.39, 0.29) is 16.3 Å². The number of hydrogen-bond donors (Lipinski definition) is 2. The van der Waals surface area contributed by atoms with E-state index in [1.54, 1.807) is 37.5 Å². The molecule has 0 saturated carbocycles. The zero-order valence-electron chi connectivity index (χ0n) is 17.0. The van der Waals surface area contributed by atoms with Gasteiger partial charge in [0.2, 0.25) is 0 Å². The Labute approximate surface area is 187 Å². The third-order valence-electron chi connectivity index (χ3n) is 4.68. The Balaban J connectivity index is 1.61. The number of nitrogens with one attached hydrogen (secondary N) is 2. The first kappa shape index (κ1) is 21.3. The molecule has 0 radical (unpaired) electrons. The molecule has 2 heterocycles. The van der Waals surface area contributed by atoms with Gasteiger partial charge >= 0.3 is 0 Å². The molecule has 162 valence electrons. The molecule has 2 N–H and O–H groups in total. The number of aromatic nitrogens is 3. The van der Waals surface area contributed by atoms with Crippen LogP contribution in [-0.4, -0.2) is 33.5 Å². The second-order valence-electron chi connectivity index (χ2n) is 6.80. The van der Waals surface area contributed by atoms with Crippen molar-refractivity contribution < 1.29 is 18.7 Å². The summed E-state index contributed by atoms with van der Waals surface area (Å²) in [5, 5.41) is 9.83. The molecule has 0 fully saturated rings. The van der Waals surface area contributed by atoms with Crippen molar-refractivity contribution in [2.75, 3.05) is 17.7 Å². The monoisotopic (exact) mass is 453 g/mol. The van der Waals surface area contributed by atoms with E-state index in [0.29, 0.717) is 28.3 Å². The molecule has 2 aromatic carbocycles. The van der Waals surface area contributed by atoms with Crippen molar-refractivity contribution >= 4 is 40.4 Å². The maximum absolute atomic E-state index is 14.1. The van der Waals surface area contributed by atoms with Crippen LogP contribution >= 0.6 is 11.6 Å². The largest absolute Gasteiger partial charge is 0.495 e. The SMILES string of the molecule is COc1ccc(NC(=O)c2c(C)nn3cccnc23)cc1NC(=O)c1ccc(Cl)cc1F. The first-order valence-corrected chi connectivity index (χ1v) is 9.81. The van der Waals surface area contributed by atoms with Crippen molar-refractivity contribution in [2.24, 2.45) is 0 Å². The van der Waals surface area contributed by atoms with E-state index in [9.17, 15) is 14.0 Å². The summed E-state index contributed by atoms with van der Waals surface area (Å²) >= 11 is 5.75. The minimum atomic E-state index is -0.755. The van der Waals surface area contributed by atoms with Gasteiger partial charge in [0.25, 0.3) is 11.8 Å². The zero-order valence-corrected chi connectivity index (χ0v) is 17.8. The molecule has 10 heteroatoms. The molecule has 0 bridgehead atoms. The molecule has 0 aliphatic rings. The quantitative estimate of drug-likeness (QED) is 0.468. The molecular weight excluding hydrogens is 437 g/mol. The molecule has 4 rings (SSSR count). The predicted octanol–water partition coefficient (Wildman–Crippen LogP) is 4.34. The van der Waals surface area contributed by atoms with Crippen LogP contribution in [0, 0.1) is 12.7 Å². The van der Waals surface area contributed by atoms with Crippen molar-refractivity contribution in [1.82, 2.24) is 14.6 Å². The molecular formula is C22H17ClFN5O3. The highest BCUT2D eigenvalue weighted by molar-refractivity contribution is 6.30. The number of aryl methyl sites for hydroxylation is 1. The lowest BCUT2D eigenvalue weighted by Crippen LogP contribution is -2.16. The number of ether oxygens (including phenoxy) is 1. The Kier molecular flexibility index (Phi) is 5.74. The van der Waals surface area contributed by atoms with Gasteiger partial charge in [-0.05, 0) is 49.4 Å². The van der Waals surface area contributed by atoms with Crippen LogP contribution in [0.2, 0.25) is 5.02 Å². The molecule has 8 nitrogen and oxygen atoms in total. The lowest BCUT2D eigenvalue weighted by atomic mass is 10.1. The first-order chi connectivity index (χ1) is 15.4. The molecule has 4 aromatic rings. The molecule has 2 aromatic heterocycles. The second kappa shape index (κ2) is 8.64. The smallest absolute Gasteiger partial charge is 0.261 e. The Hall–Kier alpha value is -3.98. The third kappa shape index (κ3) is 4.10. The van der Waals surface area contributed by atoms with Gasteiger partial charge in [-0.3, -0.25) is 9.59 Å². The fourth-order valence-corrected chi connectivity index (χ4v) is 3.36. The van der Waals surface area contributed by atoms with Crippen LogP contribution < -0.4 is 15.4 Å². The van der Waals surface area contributed by atoms with E-state index in [2.05, 4.69) is 20.7 Å². The van der Waals surface area contributed by atoms with Gasteiger partial charge in [-0.25, -0.2) is 13.9 Å². The Morgan fingerprint density at radius 1 is 1.12 bits per heavy atom. The summed E-state index contributed by atoms with van der Waals surface area (Å²) in [4.78, 5) is 29.7. The topological polar surface area (TPSA) is 97.6 Å². The molecule has 0 saturated heterocycles. The van der Waals surface area contributed by atoms with Gasteiger partial charge in [-0.1, -0.05) is 11.6 Å². The summed E-state index contributed by atoms with van der Waals surface area (Å²) in [7, 11) is 1.43. The van der Waals surface area contributed by atoms with Gasteiger partial charge in [0.05, 0.1) is 24.1 Å². The van der Waals surface area contributed by atoms with Crippen LogP contribution in [0.25, 0.3) is 5.65 Å². The number of fused-ring (bicyclic) bond motifs is 1. The second-order valence-corrected chi connectivity index (χ2v) is 7.23. The summed E-state index contributed by atoms with van der Waals surface area (Å²) in [5.74, 6) is -1.53. The van der Waals surface area contributed by atoms with Gasteiger partial charge in [0.1, 0.15) is 17.1 Å². The Morgan fingerprint density at radius 2 is 1.94 bits per heavy atom. The number of nitrogens with zero attached hydrogens (tertiary/aromatic N) is 3. The Morgan fingerprint density at radius 3 is 2.69 bits per heavy atom. The van der Waals surface area contributed by atoms with Crippen molar-refractivity contribution in [1.29, 1.82) is 0 Å². The molecule has 32 heavy (non-hydrogen) atoms. The lowest BCUT2D eigenvalue weighted by molar-refractivity contribution is 0.101. The van der Waals surface area contributed by atoms with Gasteiger partial charge in [0.15, 0.2) is 5.65 Å². The van der Waals surface area contributed by atoms with Crippen molar-refractivity contribution in [3.05, 3.63) is 82.5 Å². The van der Waals surface area contributed by atoms with E-state index >= 15 is 0 Å². The van der Waals surface area contributed by atoms with E-state index in [1.165, 1.54) is 29.8 Å². The summed E-state index contributed by atoms with van der Waals surface area (Å²) in [6, 6.07) is 10.2. The maximum atomic E-state index is 14.1. The normalized spacial score (nSPS) is 10.8. The number of hydrogen-bond acceptors (Lipinski definition) is 5. The average molecular weight is 454 g/mol. The molecule has 2 amide bonds. The standard InChI is InChI=1S/C22H17ClFN5O3/c1-12-19(20-25-8-3-9-29(20)28-12)22(31)26-14-5-7-18(32-2)17(11-14)27-21(30)15-6-4-13(23)10-16(15)24/h3-11H,1-2H3,(H,26,31)(H,27,30). The lowest BCUT2D eigenvalue weighted by Gasteiger charge is -2.13. The average Bonchev–Trinajstić information content (AvgIpc) is 3.09. The van der Waals surface area contributed by atoms with E-state index < -0.39 is 17.6 Å². The number of rotatable bonds is 5. The van der Waals surface area contributed by atoms with Crippen LogP contribution in [0.4, 0.5) is 15.8 Å². The predicted molar refractivity (Wildman–Crippen MR) is 118 cm³/mol. The minimum Gasteiger partial charge on any atom is -0.495 e. The highest BCUT2D eigenvalue weighted by atomic mass is 35.5. The van der Waals surface area contributed by atoms with Crippen LogP contribution in [0.3, 0.4) is 0 Å². The van der Waals surface area contributed by atoms with Crippen LogP contribution in [0.15, 0.2) is 54.9 Å². The summed E-state index contributed by atoms with van der Waals surface area (Å²) in [6.45, 7) is 1.71. The van der Waals surface area contributed by atoms with Gasteiger partial charge in [-0.2, -0.15) is 5.10 Å². The number of benzene rings is 2. The third-order valence-corrected chi connectivity index (χ3v) is 4.91. The number of anilines is 2. The minimum absolute atomic E-state index is 0.179. The van der Waals surface area contributed by atoms with Crippen LogP contribution in [0.1, 0.15) is 26.4 Å². The van der Waals surface area contributed by atoms with E-state index in [1.807, 2.05) is 0 Å². The van der Waals surface area contributed by atoms with Crippen molar-refractivity contribution in [3.8, 4) is 5.75 Å². The molecule has 0 spiro atoms. The van der Waals surface area contributed by atoms with Gasteiger partial charge in [-0.15, -0.1) is 0 Å². The Bertz CT molecular complexity index is 1350.